The number of hydrogen-bond acceptors (Lipinski definition) is 24. The molecule has 27 nitrogen and oxygen atoms in total. The van der Waals surface area contributed by atoms with E-state index < -0.39 is 127 Å². The lowest BCUT2D eigenvalue weighted by atomic mass is 9.83. The second kappa shape index (κ2) is 37.2. The van der Waals surface area contributed by atoms with E-state index in [9.17, 15) is 117 Å². The van der Waals surface area contributed by atoms with Crippen LogP contribution < -0.4 is 18.9 Å². The molecule has 0 radical (unpaired) electrons. The topological polar surface area (TPSA) is 493 Å². The van der Waals surface area contributed by atoms with E-state index in [4.69, 9.17) is 18.9 Å². The molecule has 0 spiro atoms. The molecule has 20 N–H and O–H groups in total. The molecule has 0 heterocycles. The first kappa shape index (κ1) is 80.3. The Balaban J connectivity index is 0.000000219. The molecule has 0 saturated heterocycles. The Labute approximate surface area is 595 Å². The largest absolute Gasteiger partial charge is 0.508 e. The summed E-state index contributed by atoms with van der Waals surface area (Å²) in [6.45, 7) is -2.06. The molecule has 0 saturated carbocycles. The van der Waals surface area contributed by atoms with Crippen LogP contribution in [0.15, 0.2) is 152 Å². The smallest absolute Gasteiger partial charge is 0.335 e. The fraction of sp³-hybridized carbons (Fsp3) is 0.260. The van der Waals surface area contributed by atoms with Crippen molar-refractivity contribution in [2.45, 2.75) is 103 Å². The minimum absolute atomic E-state index is 0.0224. The number of rotatable bonds is 30. The van der Waals surface area contributed by atoms with E-state index in [1.165, 1.54) is 92.0 Å². The van der Waals surface area contributed by atoms with Gasteiger partial charge in [-0.15, -0.1) is 0 Å². The molecule has 9 aromatic carbocycles. The molecule has 0 fully saturated rings. The molecule has 0 amide bonds. The Morgan fingerprint density at radius 1 is 0.327 bits per heavy atom. The molecule has 9 aromatic rings. The minimum Gasteiger partial charge on any atom is -0.508 e. The number of aliphatic hydroxyl groups is 11. The fourth-order valence-electron chi connectivity index (χ4n) is 11.9. The SMILES string of the molecule is COc1cc(C(=O)O)cc(CO)c1OC(CO)C(c1cc(CO)c(O)c(CO)c1)c1cccc(CO)c1O.Cc1ccc(C(c2ccc(O)c(CO)c2)C(CO)Oc2ccc(C(=O)O)cc2CO)c(O)c1.Cc1ccc(C(c2ccc(O)c(CO)c2)C(CO)Oc2ccc(C(=O)O)cc2CO)c(O)c1. The summed E-state index contributed by atoms with van der Waals surface area (Å²) in [5.41, 5.74) is 5.36. The number of aromatic hydroxyl groups is 6. The maximum Gasteiger partial charge on any atom is 0.335 e. The van der Waals surface area contributed by atoms with E-state index in [0.29, 0.717) is 27.8 Å². The van der Waals surface area contributed by atoms with Gasteiger partial charge in [-0.1, -0.05) is 54.6 Å². The third-order valence-corrected chi connectivity index (χ3v) is 17.2. The van der Waals surface area contributed by atoms with Gasteiger partial charge in [0.1, 0.15) is 64.3 Å². The van der Waals surface area contributed by atoms with E-state index in [1.54, 1.807) is 66.7 Å². The highest BCUT2D eigenvalue weighted by atomic mass is 16.5. The van der Waals surface area contributed by atoms with Gasteiger partial charge in [0.05, 0.1) is 114 Å². The van der Waals surface area contributed by atoms with Crippen molar-refractivity contribution in [1.29, 1.82) is 0 Å². The zero-order chi connectivity index (χ0) is 76.2. The summed E-state index contributed by atoms with van der Waals surface area (Å²) in [5.74, 6) is -6.61. The number of aliphatic hydroxyl groups excluding tert-OH is 11. The van der Waals surface area contributed by atoms with Crippen molar-refractivity contribution in [3.8, 4) is 57.5 Å². The second-order valence-corrected chi connectivity index (χ2v) is 23.9. The van der Waals surface area contributed by atoms with Gasteiger partial charge in [-0.2, -0.15) is 0 Å². The van der Waals surface area contributed by atoms with Crippen molar-refractivity contribution in [2.75, 3.05) is 26.9 Å². The van der Waals surface area contributed by atoms with Gasteiger partial charge in [-0.05, 0) is 139 Å². The van der Waals surface area contributed by atoms with Gasteiger partial charge >= 0.3 is 17.9 Å². The van der Waals surface area contributed by atoms with Crippen LogP contribution in [0.1, 0.15) is 138 Å². The van der Waals surface area contributed by atoms with E-state index in [1.807, 2.05) is 13.8 Å². The maximum absolute atomic E-state index is 11.5. The quantitative estimate of drug-likeness (QED) is 0.0223. The summed E-state index contributed by atoms with van der Waals surface area (Å²) in [7, 11) is 1.28. The van der Waals surface area contributed by atoms with Gasteiger partial charge in [-0.25, -0.2) is 14.4 Å². The highest BCUT2D eigenvalue weighted by Crippen LogP contribution is 2.45. The molecule has 9 rings (SSSR count). The number of para-hydroxylation sites is 1. The molecule has 552 valence electrons. The first-order valence-electron chi connectivity index (χ1n) is 32.1. The van der Waals surface area contributed by atoms with Crippen LogP contribution in [0.5, 0.6) is 57.5 Å². The van der Waals surface area contributed by atoms with Gasteiger partial charge < -0.3 is 121 Å². The normalized spacial score (nSPS) is 12.8. The number of carbonyl (C=O) groups is 3. The number of phenols is 6. The Bertz CT molecular complexity index is 4230. The van der Waals surface area contributed by atoms with Crippen molar-refractivity contribution < 1.29 is 135 Å². The summed E-state index contributed by atoms with van der Waals surface area (Å²) in [6, 6.07) is 37.2. The maximum atomic E-state index is 11.5. The number of carboxylic acid groups (broad SMARTS) is 3. The molecule has 0 aromatic heterocycles. The zero-order valence-electron chi connectivity index (χ0n) is 56.5. The number of benzene rings is 9. The van der Waals surface area contributed by atoms with Crippen LogP contribution in [-0.4, -0.2) is 165 Å². The number of hydrogen-bond donors (Lipinski definition) is 20. The summed E-state index contributed by atoms with van der Waals surface area (Å²) < 4.78 is 23.5. The minimum atomic E-state index is -1.26. The molecule has 0 bridgehead atoms. The first-order chi connectivity index (χ1) is 49.8. The predicted octanol–water partition coefficient (Wildman–Crippen LogP) is 6.67. The standard InChI is InChI=1S/C27H30O11.2C25H26O8/c1-37-21-8-16(27(35)36)7-19(12-31)26(21)38-22(13-32)23(20-4-2-3-14(9-28)25(20)34)15-5-17(10-29)24(33)18(6-15)11-30;2*1-14-2-5-19(21(30)8-14)24(15-3-6-20(29)17(9-15)11-26)23(13-28)33-22-7-4-16(25(31)32)10-18(22)12-27/h2-8,22-23,28-34H,9-13H2,1H3,(H,35,36);2*2-10,23-24,26-30H,11-13H2,1H3,(H,31,32). The Hall–Kier alpha value is -11.1. The number of aromatic carboxylic acids is 3. The van der Waals surface area contributed by atoms with Crippen LogP contribution in [0.3, 0.4) is 0 Å². The number of phenolic OH excluding ortho intramolecular Hbond substituents is 2. The Morgan fingerprint density at radius 2 is 0.712 bits per heavy atom. The average molecular weight is 1440 g/mol. The van der Waals surface area contributed by atoms with Crippen LogP contribution in [0.2, 0.25) is 0 Å². The Morgan fingerprint density at radius 3 is 1.09 bits per heavy atom. The average Bonchev–Trinajstić information content (AvgIpc) is 0.796. The van der Waals surface area contributed by atoms with Gasteiger partial charge in [0.2, 0.25) is 0 Å². The molecule has 0 aliphatic heterocycles. The molecule has 104 heavy (non-hydrogen) atoms. The predicted molar refractivity (Wildman–Crippen MR) is 372 cm³/mol. The van der Waals surface area contributed by atoms with Crippen molar-refractivity contribution in [3.05, 3.63) is 257 Å². The monoisotopic (exact) mass is 1440 g/mol. The number of aryl methyl sites for hydroxylation is 2. The third kappa shape index (κ3) is 19.0. The highest BCUT2D eigenvalue weighted by molar-refractivity contribution is 5.89. The number of ether oxygens (including phenoxy) is 4. The van der Waals surface area contributed by atoms with Gasteiger partial charge in [0.25, 0.3) is 0 Å². The zero-order valence-corrected chi connectivity index (χ0v) is 56.5. The van der Waals surface area contributed by atoms with Crippen molar-refractivity contribution in [3.63, 3.8) is 0 Å². The lowest BCUT2D eigenvalue weighted by Crippen LogP contribution is -2.31. The van der Waals surface area contributed by atoms with Crippen LogP contribution in [-0.2, 0) is 52.9 Å². The lowest BCUT2D eigenvalue weighted by Gasteiger charge is -2.30. The van der Waals surface area contributed by atoms with Gasteiger partial charge in [-0.3, -0.25) is 0 Å². The molecular formula is C77H82O27. The van der Waals surface area contributed by atoms with Gasteiger partial charge in [0, 0.05) is 61.2 Å². The van der Waals surface area contributed by atoms with Crippen LogP contribution in [0, 0.1) is 13.8 Å². The molecule has 0 aliphatic carbocycles. The summed E-state index contributed by atoms with van der Waals surface area (Å²) >= 11 is 0. The molecule has 0 aliphatic rings. The molecule has 6 atom stereocenters. The van der Waals surface area contributed by atoms with Crippen LogP contribution in [0.4, 0.5) is 0 Å². The molecular weight excluding hydrogens is 1360 g/mol. The third-order valence-electron chi connectivity index (χ3n) is 17.2. The number of carboxylic acids is 3. The summed E-state index contributed by atoms with van der Waals surface area (Å²) in [4.78, 5) is 34.0. The van der Waals surface area contributed by atoms with Crippen molar-refractivity contribution in [2.24, 2.45) is 0 Å². The van der Waals surface area contributed by atoms with Crippen molar-refractivity contribution >= 4 is 17.9 Å². The van der Waals surface area contributed by atoms with E-state index in [-0.39, 0.29) is 124 Å². The summed E-state index contributed by atoms with van der Waals surface area (Å²) in [5, 5.41) is 199. The Kier molecular flexibility index (Phi) is 28.7. The fourth-order valence-corrected chi connectivity index (χ4v) is 11.9. The van der Waals surface area contributed by atoms with Gasteiger partial charge in [0.15, 0.2) is 11.5 Å². The summed E-state index contributed by atoms with van der Waals surface area (Å²) in [6.07, 6.45) is -3.14. The van der Waals surface area contributed by atoms with Crippen molar-refractivity contribution in [1.82, 2.24) is 0 Å². The van der Waals surface area contributed by atoms with E-state index in [2.05, 4.69) is 0 Å². The number of methoxy groups -OCH3 is 1. The lowest BCUT2D eigenvalue weighted by molar-refractivity contribution is 0.0684. The molecule has 6 unspecified atom stereocenters. The second-order valence-electron chi connectivity index (χ2n) is 23.9. The highest BCUT2D eigenvalue weighted by Gasteiger charge is 2.35. The van der Waals surface area contributed by atoms with Crippen LogP contribution in [0.25, 0.3) is 0 Å². The molecule has 27 heteroatoms. The first-order valence-corrected chi connectivity index (χ1v) is 32.1. The van der Waals surface area contributed by atoms with E-state index in [0.717, 1.165) is 11.1 Å². The van der Waals surface area contributed by atoms with E-state index >= 15 is 0 Å². The van der Waals surface area contributed by atoms with Crippen LogP contribution >= 0.6 is 0 Å².